The average molecular weight is 261 g/mol. The minimum absolute atomic E-state index is 0.339. The number of nitrogens with zero attached hydrogens (tertiary/aromatic N) is 1. The van der Waals surface area contributed by atoms with Gasteiger partial charge in [0.15, 0.2) is 0 Å². The summed E-state index contributed by atoms with van der Waals surface area (Å²) in [4.78, 5) is 14.6. The van der Waals surface area contributed by atoms with Crippen molar-refractivity contribution in [1.29, 1.82) is 0 Å². The molecule has 2 aromatic rings. The van der Waals surface area contributed by atoms with E-state index in [1.807, 2.05) is 30.5 Å². The molecule has 2 rings (SSSR count). The van der Waals surface area contributed by atoms with E-state index in [0.29, 0.717) is 12.3 Å². The molecule has 1 aromatic heterocycles. The first-order chi connectivity index (χ1) is 8.66. The van der Waals surface area contributed by atoms with E-state index in [2.05, 4.69) is 6.07 Å². The summed E-state index contributed by atoms with van der Waals surface area (Å²) in [6, 6.07) is 11.1. The highest BCUT2D eigenvalue weighted by molar-refractivity contribution is 7.10. The van der Waals surface area contributed by atoms with Crippen molar-refractivity contribution >= 4 is 17.4 Å². The third-order valence-corrected chi connectivity index (χ3v) is 3.62. The number of thiophene rings is 1. The van der Waals surface area contributed by atoms with Gasteiger partial charge in [-0.2, -0.15) is 0 Å². The molecule has 0 bridgehead atoms. The standard InChI is InChI=1S/C14H15NO2S/c1-11-8-9-18-13(11)10-15(2)14(16)17-12-6-4-3-5-7-12/h3-9H,10H2,1-2H3. The molecule has 3 nitrogen and oxygen atoms in total. The first-order valence-electron chi connectivity index (χ1n) is 5.68. The highest BCUT2D eigenvalue weighted by Crippen LogP contribution is 2.18. The van der Waals surface area contributed by atoms with Crippen molar-refractivity contribution in [2.45, 2.75) is 13.5 Å². The number of carbonyl (C=O) groups is 1. The minimum atomic E-state index is -0.339. The normalized spacial score (nSPS) is 10.1. The molecule has 0 aliphatic carbocycles. The lowest BCUT2D eigenvalue weighted by molar-refractivity contribution is 0.161. The number of hydrogen-bond acceptors (Lipinski definition) is 3. The summed E-state index contributed by atoms with van der Waals surface area (Å²) < 4.78 is 5.26. The highest BCUT2D eigenvalue weighted by Gasteiger charge is 2.13. The summed E-state index contributed by atoms with van der Waals surface area (Å²) in [6.45, 7) is 2.62. The Hall–Kier alpha value is -1.81. The van der Waals surface area contributed by atoms with Crippen LogP contribution in [0.15, 0.2) is 41.8 Å². The lowest BCUT2D eigenvalue weighted by atomic mass is 10.3. The third kappa shape index (κ3) is 3.11. The molecule has 0 saturated heterocycles. The van der Waals surface area contributed by atoms with Gasteiger partial charge in [0.05, 0.1) is 6.54 Å². The second kappa shape index (κ2) is 5.69. The van der Waals surface area contributed by atoms with Crippen LogP contribution in [0.4, 0.5) is 4.79 Å². The molecule has 0 radical (unpaired) electrons. The molecule has 0 aliphatic rings. The maximum Gasteiger partial charge on any atom is 0.415 e. The van der Waals surface area contributed by atoms with Crippen molar-refractivity contribution in [3.63, 3.8) is 0 Å². The summed E-state index contributed by atoms with van der Waals surface area (Å²) in [7, 11) is 1.74. The molecule has 0 saturated carbocycles. The van der Waals surface area contributed by atoms with E-state index in [4.69, 9.17) is 4.74 Å². The maximum atomic E-state index is 11.9. The minimum Gasteiger partial charge on any atom is -0.410 e. The van der Waals surface area contributed by atoms with Gasteiger partial charge in [0.2, 0.25) is 0 Å². The predicted octanol–water partition coefficient (Wildman–Crippen LogP) is 3.69. The third-order valence-electron chi connectivity index (χ3n) is 2.61. The molecule has 0 spiro atoms. The van der Waals surface area contributed by atoms with Crippen LogP contribution in [0, 0.1) is 6.92 Å². The Morgan fingerprint density at radius 3 is 2.61 bits per heavy atom. The number of carbonyl (C=O) groups excluding carboxylic acids is 1. The Balaban J connectivity index is 1.95. The number of amides is 1. The van der Waals surface area contributed by atoms with Crippen molar-refractivity contribution in [1.82, 2.24) is 4.90 Å². The van der Waals surface area contributed by atoms with Crippen LogP contribution in [0.2, 0.25) is 0 Å². The first-order valence-corrected chi connectivity index (χ1v) is 6.56. The highest BCUT2D eigenvalue weighted by atomic mass is 32.1. The number of aryl methyl sites for hydroxylation is 1. The van der Waals surface area contributed by atoms with Gasteiger partial charge in [-0.25, -0.2) is 4.79 Å². The van der Waals surface area contributed by atoms with Crippen molar-refractivity contribution in [2.24, 2.45) is 0 Å². The van der Waals surface area contributed by atoms with Gasteiger partial charge in [0, 0.05) is 11.9 Å². The zero-order chi connectivity index (χ0) is 13.0. The van der Waals surface area contributed by atoms with Crippen molar-refractivity contribution in [2.75, 3.05) is 7.05 Å². The van der Waals surface area contributed by atoms with Crippen LogP contribution in [-0.4, -0.2) is 18.0 Å². The quantitative estimate of drug-likeness (QED) is 0.843. The molecule has 0 fully saturated rings. The monoisotopic (exact) mass is 261 g/mol. The molecule has 0 atom stereocenters. The van der Waals surface area contributed by atoms with Crippen molar-refractivity contribution in [3.05, 3.63) is 52.2 Å². The van der Waals surface area contributed by atoms with E-state index in [1.165, 1.54) is 10.4 Å². The van der Waals surface area contributed by atoms with Crippen LogP contribution in [0.1, 0.15) is 10.4 Å². The zero-order valence-corrected chi connectivity index (χ0v) is 11.2. The molecule has 1 aromatic carbocycles. The second-order valence-electron chi connectivity index (χ2n) is 4.06. The zero-order valence-electron chi connectivity index (χ0n) is 10.4. The fraction of sp³-hybridized carbons (Fsp3) is 0.214. The Kier molecular flexibility index (Phi) is 3.99. The van der Waals surface area contributed by atoms with E-state index >= 15 is 0 Å². The Labute approximate surface area is 111 Å². The SMILES string of the molecule is Cc1ccsc1CN(C)C(=O)Oc1ccccc1. The van der Waals surface area contributed by atoms with E-state index in [1.54, 1.807) is 35.4 Å². The number of rotatable bonds is 3. The Morgan fingerprint density at radius 1 is 1.28 bits per heavy atom. The fourth-order valence-electron chi connectivity index (χ4n) is 1.51. The molecule has 18 heavy (non-hydrogen) atoms. The summed E-state index contributed by atoms with van der Waals surface area (Å²) in [5, 5.41) is 2.03. The first kappa shape index (κ1) is 12.6. The fourth-order valence-corrected chi connectivity index (χ4v) is 2.47. The molecular formula is C14H15NO2S. The summed E-state index contributed by atoms with van der Waals surface area (Å²) in [6.07, 6.45) is -0.339. The molecule has 1 amide bonds. The summed E-state index contributed by atoms with van der Waals surface area (Å²) in [5.74, 6) is 0.567. The summed E-state index contributed by atoms with van der Waals surface area (Å²) >= 11 is 1.65. The van der Waals surface area contributed by atoms with E-state index in [0.717, 1.165) is 0 Å². The van der Waals surface area contributed by atoms with Gasteiger partial charge in [-0.05, 0) is 36.1 Å². The van der Waals surface area contributed by atoms with E-state index in [9.17, 15) is 4.79 Å². The molecule has 0 N–H and O–H groups in total. The maximum absolute atomic E-state index is 11.9. The molecule has 94 valence electrons. The lowest BCUT2D eigenvalue weighted by Crippen LogP contribution is -2.29. The number of para-hydroxylation sites is 1. The van der Waals surface area contributed by atoms with Gasteiger partial charge in [-0.1, -0.05) is 18.2 Å². The lowest BCUT2D eigenvalue weighted by Gasteiger charge is -2.16. The van der Waals surface area contributed by atoms with Gasteiger partial charge in [-0.15, -0.1) is 11.3 Å². The number of hydrogen-bond donors (Lipinski definition) is 0. The van der Waals surface area contributed by atoms with Crippen LogP contribution in [0.25, 0.3) is 0 Å². The van der Waals surface area contributed by atoms with Gasteiger partial charge in [0.25, 0.3) is 0 Å². The Bertz CT molecular complexity index is 522. The second-order valence-corrected chi connectivity index (χ2v) is 5.06. The largest absolute Gasteiger partial charge is 0.415 e. The van der Waals surface area contributed by atoms with Crippen LogP contribution in [0.5, 0.6) is 5.75 Å². The Morgan fingerprint density at radius 2 is 2.00 bits per heavy atom. The smallest absolute Gasteiger partial charge is 0.410 e. The molecule has 1 heterocycles. The molecule has 4 heteroatoms. The topological polar surface area (TPSA) is 29.5 Å². The molecule has 0 aliphatic heterocycles. The average Bonchev–Trinajstić information content (AvgIpc) is 2.76. The molecule has 0 unspecified atom stereocenters. The van der Waals surface area contributed by atoms with E-state index < -0.39 is 0 Å². The van der Waals surface area contributed by atoms with Crippen LogP contribution < -0.4 is 4.74 Å². The van der Waals surface area contributed by atoms with Crippen molar-refractivity contribution in [3.8, 4) is 5.75 Å². The van der Waals surface area contributed by atoms with Crippen LogP contribution in [0.3, 0.4) is 0 Å². The van der Waals surface area contributed by atoms with Gasteiger partial charge in [-0.3, -0.25) is 0 Å². The van der Waals surface area contributed by atoms with Gasteiger partial charge >= 0.3 is 6.09 Å². The molecular weight excluding hydrogens is 246 g/mol. The van der Waals surface area contributed by atoms with Crippen LogP contribution >= 0.6 is 11.3 Å². The number of ether oxygens (including phenoxy) is 1. The van der Waals surface area contributed by atoms with Crippen LogP contribution in [-0.2, 0) is 6.54 Å². The summed E-state index contributed by atoms with van der Waals surface area (Å²) in [5.41, 5.74) is 1.21. The predicted molar refractivity (Wildman–Crippen MR) is 73.0 cm³/mol. The van der Waals surface area contributed by atoms with Gasteiger partial charge < -0.3 is 9.64 Å². The van der Waals surface area contributed by atoms with Crippen molar-refractivity contribution < 1.29 is 9.53 Å². The number of benzene rings is 1. The van der Waals surface area contributed by atoms with E-state index in [-0.39, 0.29) is 6.09 Å². The van der Waals surface area contributed by atoms with Gasteiger partial charge in [0.1, 0.15) is 5.75 Å².